The second-order valence-electron chi connectivity index (χ2n) is 5.75. The molecule has 0 aliphatic rings. The molecule has 0 aliphatic carbocycles. The molecule has 5 heteroatoms. The van der Waals surface area contributed by atoms with Gasteiger partial charge in [0.1, 0.15) is 0 Å². The number of amides is 1. The fourth-order valence-corrected chi connectivity index (χ4v) is 2.58. The van der Waals surface area contributed by atoms with E-state index in [0.717, 1.165) is 17.7 Å². The molecule has 3 rings (SSSR count). The molecule has 1 aromatic heterocycles. The van der Waals surface area contributed by atoms with Crippen LogP contribution in [-0.4, -0.2) is 29.3 Å². The Labute approximate surface area is 147 Å². The molecule has 1 heterocycles. The van der Waals surface area contributed by atoms with Gasteiger partial charge in [-0.25, -0.2) is 4.68 Å². The van der Waals surface area contributed by atoms with Crippen molar-refractivity contribution in [2.45, 2.75) is 13.0 Å². The Bertz CT molecular complexity index is 794. The molecule has 0 fully saturated rings. The Morgan fingerprint density at radius 3 is 2.44 bits per heavy atom. The zero-order valence-electron chi connectivity index (χ0n) is 14.2. The van der Waals surface area contributed by atoms with Gasteiger partial charge in [0.2, 0.25) is 0 Å². The number of hydrogen-bond donors (Lipinski definition) is 1. The lowest BCUT2D eigenvalue weighted by Gasteiger charge is -2.07. The summed E-state index contributed by atoms with van der Waals surface area (Å²) in [6.07, 6.45) is 4.45. The molecule has 1 amide bonds. The van der Waals surface area contributed by atoms with Crippen LogP contribution in [0.3, 0.4) is 0 Å². The third kappa shape index (κ3) is 4.55. The van der Waals surface area contributed by atoms with Crippen LogP contribution >= 0.6 is 0 Å². The molecule has 2 aromatic carbocycles. The predicted molar refractivity (Wildman–Crippen MR) is 96.8 cm³/mol. The van der Waals surface area contributed by atoms with Crippen molar-refractivity contribution in [2.75, 3.05) is 13.7 Å². The Morgan fingerprint density at radius 1 is 1.08 bits per heavy atom. The first-order valence-corrected chi connectivity index (χ1v) is 8.21. The third-order valence-electron chi connectivity index (χ3n) is 3.93. The first-order chi connectivity index (χ1) is 12.3. The SMILES string of the molecule is COCc1ccc(C(=O)NCCc2ccc(-n3cccn3)cc2)cc1. The second kappa shape index (κ2) is 8.26. The summed E-state index contributed by atoms with van der Waals surface area (Å²) < 4.78 is 6.89. The van der Waals surface area contributed by atoms with Gasteiger partial charge in [0, 0.05) is 31.6 Å². The monoisotopic (exact) mass is 335 g/mol. The van der Waals surface area contributed by atoms with Crippen molar-refractivity contribution in [2.24, 2.45) is 0 Å². The highest BCUT2D eigenvalue weighted by Gasteiger charge is 2.05. The van der Waals surface area contributed by atoms with Crippen LogP contribution in [0.4, 0.5) is 0 Å². The Hall–Kier alpha value is -2.92. The molecule has 0 atom stereocenters. The molecule has 0 bridgehead atoms. The summed E-state index contributed by atoms with van der Waals surface area (Å²) in [6.45, 7) is 1.15. The highest BCUT2D eigenvalue weighted by atomic mass is 16.5. The standard InChI is InChI=1S/C20H21N3O2/c1-25-15-17-3-7-18(8-4-17)20(24)21-13-11-16-5-9-19(10-6-16)23-14-2-12-22-23/h2-10,12,14H,11,13,15H2,1H3,(H,21,24). The molecular weight excluding hydrogens is 314 g/mol. The highest BCUT2D eigenvalue weighted by molar-refractivity contribution is 5.94. The molecule has 1 N–H and O–H groups in total. The number of nitrogens with zero attached hydrogens (tertiary/aromatic N) is 2. The Balaban J connectivity index is 1.49. The molecule has 3 aromatic rings. The van der Waals surface area contributed by atoms with Crippen molar-refractivity contribution >= 4 is 5.91 Å². The van der Waals surface area contributed by atoms with Crippen LogP contribution in [-0.2, 0) is 17.8 Å². The lowest BCUT2D eigenvalue weighted by atomic mass is 10.1. The van der Waals surface area contributed by atoms with Gasteiger partial charge in [-0.1, -0.05) is 24.3 Å². The number of hydrogen-bond acceptors (Lipinski definition) is 3. The van der Waals surface area contributed by atoms with Gasteiger partial charge in [-0.05, 0) is 47.9 Å². The lowest BCUT2D eigenvalue weighted by Crippen LogP contribution is -2.25. The maximum absolute atomic E-state index is 12.2. The van der Waals surface area contributed by atoms with E-state index in [4.69, 9.17) is 4.74 Å². The minimum atomic E-state index is -0.0582. The summed E-state index contributed by atoms with van der Waals surface area (Å²) in [5.41, 5.74) is 3.91. The van der Waals surface area contributed by atoms with Gasteiger partial charge in [0.15, 0.2) is 0 Å². The number of carbonyl (C=O) groups excluding carboxylic acids is 1. The zero-order valence-corrected chi connectivity index (χ0v) is 14.2. The van der Waals surface area contributed by atoms with Crippen LogP contribution in [0.15, 0.2) is 67.0 Å². The molecule has 0 aliphatic heterocycles. The van der Waals surface area contributed by atoms with E-state index in [-0.39, 0.29) is 5.91 Å². The summed E-state index contributed by atoms with van der Waals surface area (Å²) in [6, 6.07) is 17.5. The largest absolute Gasteiger partial charge is 0.380 e. The molecule has 0 radical (unpaired) electrons. The normalized spacial score (nSPS) is 10.6. The zero-order chi connectivity index (χ0) is 17.5. The van der Waals surface area contributed by atoms with Gasteiger partial charge in [-0.2, -0.15) is 5.10 Å². The number of nitrogens with one attached hydrogen (secondary N) is 1. The van der Waals surface area contributed by atoms with E-state index >= 15 is 0 Å². The average molecular weight is 335 g/mol. The number of carbonyl (C=O) groups is 1. The third-order valence-corrected chi connectivity index (χ3v) is 3.93. The first kappa shape index (κ1) is 16.9. The summed E-state index contributed by atoms with van der Waals surface area (Å²) >= 11 is 0. The van der Waals surface area contributed by atoms with Gasteiger partial charge in [0.25, 0.3) is 5.91 Å². The van der Waals surface area contributed by atoms with Crippen LogP contribution in [0.2, 0.25) is 0 Å². The Kier molecular flexibility index (Phi) is 5.59. The number of benzene rings is 2. The van der Waals surface area contributed by atoms with Crippen molar-refractivity contribution < 1.29 is 9.53 Å². The van der Waals surface area contributed by atoms with Gasteiger partial charge >= 0.3 is 0 Å². The fourth-order valence-electron chi connectivity index (χ4n) is 2.58. The number of aromatic nitrogens is 2. The van der Waals surface area contributed by atoms with E-state index in [1.54, 1.807) is 13.3 Å². The maximum atomic E-state index is 12.2. The molecule has 5 nitrogen and oxygen atoms in total. The summed E-state index contributed by atoms with van der Waals surface area (Å²) in [7, 11) is 1.65. The number of rotatable bonds is 7. The summed E-state index contributed by atoms with van der Waals surface area (Å²) in [5.74, 6) is -0.0582. The van der Waals surface area contributed by atoms with E-state index in [1.807, 2.05) is 53.3 Å². The van der Waals surface area contributed by atoms with Crippen LogP contribution < -0.4 is 5.32 Å². The molecule has 0 spiro atoms. The van der Waals surface area contributed by atoms with Crippen molar-refractivity contribution in [3.63, 3.8) is 0 Å². The van der Waals surface area contributed by atoms with E-state index < -0.39 is 0 Å². The highest BCUT2D eigenvalue weighted by Crippen LogP contribution is 2.09. The van der Waals surface area contributed by atoms with Crippen molar-refractivity contribution in [3.05, 3.63) is 83.7 Å². The van der Waals surface area contributed by atoms with E-state index in [9.17, 15) is 4.79 Å². The van der Waals surface area contributed by atoms with E-state index in [1.165, 1.54) is 5.56 Å². The summed E-state index contributed by atoms with van der Waals surface area (Å²) in [5, 5.41) is 7.16. The van der Waals surface area contributed by atoms with Crippen molar-refractivity contribution in [1.82, 2.24) is 15.1 Å². The first-order valence-electron chi connectivity index (χ1n) is 8.21. The Morgan fingerprint density at radius 2 is 1.80 bits per heavy atom. The second-order valence-corrected chi connectivity index (χ2v) is 5.75. The molecule has 0 unspecified atom stereocenters. The predicted octanol–water partition coefficient (Wildman–Crippen LogP) is 2.99. The van der Waals surface area contributed by atoms with Gasteiger partial charge in [0.05, 0.1) is 12.3 Å². The number of methoxy groups -OCH3 is 1. The van der Waals surface area contributed by atoms with E-state index in [0.29, 0.717) is 18.7 Å². The molecule has 25 heavy (non-hydrogen) atoms. The quantitative estimate of drug-likeness (QED) is 0.722. The number of ether oxygens (including phenoxy) is 1. The summed E-state index contributed by atoms with van der Waals surface area (Å²) in [4.78, 5) is 12.2. The maximum Gasteiger partial charge on any atom is 0.251 e. The van der Waals surface area contributed by atoms with Crippen molar-refractivity contribution in [3.8, 4) is 5.69 Å². The molecule has 0 saturated heterocycles. The fraction of sp³-hybridized carbons (Fsp3) is 0.200. The topological polar surface area (TPSA) is 56.1 Å². The van der Waals surface area contributed by atoms with Crippen LogP contribution in [0, 0.1) is 0 Å². The molecule has 0 saturated carbocycles. The van der Waals surface area contributed by atoms with Crippen LogP contribution in [0.25, 0.3) is 5.69 Å². The minimum Gasteiger partial charge on any atom is -0.380 e. The minimum absolute atomic E-state index is 0.0582. The molecular formula is C20H21N3O2. The smallest absolute Gasteiger partial charge is 0.251 e. The van der Waals surface area contributed by atoms with Crippen LogP contribution in [0.1, 0.15) is 21.5 Å². The van der Waals surface area contributed by atoms with Gasteiger partial charge in [-0.15, -0.1) is 0 Å². The average Bonchev–Trinajstić information content (AvgIpc) is 3.18. The van der Waals surface area contributed by atoms with Gasteiger partial charge < -0.3 is 10.1 Å². The lowest BCUT2D eigenvalue weighted by molar-refractivity contribution is 0.0954. The van der Waals surface area contributed by atoms with Gasteiger partial charge in [-0.3, -0.25) is 4.79 Å². The van der Waals surface area contributed by atoms with E-state index in [2.05, 4.69) is 22.5 Å². The van der Waals surface area contributed by atoms with Crippen LogP contribution in [0.5, 0.6) is 0 Å². The van der Waals surface area contributed by atoms with Crippen molar-refractivity contribution in [1.29, 1.82) is 0 Å². The molecule has 128 valence electrons.